The molecule has 0 bridgehead atoms. The minimum atomic E-state index is -0.591. The molecule has 0 aromatic heterocycles. The van der Waals surface area contributed by atoms with Gasteiger partial charge in [-0.15, -0.1) is 0 Å². The average molecular weight is 356 g/mol. The van der Waals surface area contributed by atoms with Gasteiger partial charge in [0.05, 0.1) is 7.11 Å². The van der Waals surface area contributed by atoms with Crippen molar-refractivity contribution in [2.24, 2.45) is 0 Å². The zero-order valence-corrected chi connectivity index (χ0v) is 14.5. The zero-order chi connectivity index (χ0) is 16.0. The molecule has 4 nitrogen and oxygen atoms in total. The molecule has 0 fully saturated rings. The summed E-state index contributed by atoms with van der Waals surface area (Å²) in [4.78, 5) is 24.0. The van der Waals surface area contributed by atoms with E-state index in [9.17, 15) is 9.59 Å². The van der Waals surface area contributed by atoms with Crippen LogP contribution in [0.4, 0.5) is 0 Å². The number of rotatable bonds is 6. The molecule has 1 aromatic rings. The van der Waals surface area contributed by atoms with Gasteiger partial charge in [0, 0.05) is 10.0 Å². The summed E-state index contributed by atoms with van der Waals surface area (Å²) in [5.74, 6) is -0.650. The fourth-order valence-corrected chi connectivity index (χ4v) is 2.35. The van der Waals surface area contributed by atoms with Crippen LogP contribution in [0.1, 0.15) is 47.7 Å². The van der Waals surface area contributed by atoms with E-state index < -0.39 is 12.0 Å². The molecule has 0 aliphatic rings. The minimum Gasteiger partial charge on any atom is -0.467 e. The van der Waals surface area contributed by atoms with Gasteiger partial charge in [0.1, 0.15) is 6.04 Å². The molecule has 1 amide bonds. The van der Waals surface area contributed by atoms with Crippen molar-refractivity contribution in [3.8, 4) is 0 Å². The van der Waals surface area contributed by atoms with E-state index in [2.05, 4.69) is 21.2 Å². The van der Waals surface area contributed by atoms with Gasteiger partial charge in [0.15, 0.2) is 0 Å². The first-order chi connectivity index (χ1) is 9.90. The van der Waals surface area contributed by atoms with Crippen molar-refractivity contribution >= 4 is 27.8 Å². The summed E-state index contributed by atoms with van der Waals surface area (Å²) in [5.41, 5.74) is 2.53. The highest BCUT2D eigenvalue weighted by atomic mass is 79.9. The molecule has 0 spiro atoms. The van der Waals surface area contributed by atoms with Crippen molar-refractivity contribution in [3.63, 3.8) is 0 Å². The molecular formula is C16H22BrNO3. The second-order valence-corrected chi connectivity index (χ2v) is 5.91. The molecule has 21 heavy (non-hydrogen) atoms. The van der Waals surface area contributed by atoms with Crippen LogP contribution >= 0.6 is 15.9 Å². The Hall–Kier alpha value is -1.36. The molecule has 1 aromatic carbocycles. The normalized spacial score (nSPS) is 11.9. The summed E-state index contributed by atoms with van der Waals surface area (Å²) in [6.45, 7) is 5.91. The van der Waals surface area contributed by atoms with Gasteiger partial charge in [0.2, 0.25) is 0 Å². The number of amides is 1. The van der Waals surface area contributed by atoms with E-state index in [0.29, 0.717) is 12.0 Å². The molecule has 0 unspecified atom stereocenters. The molecule has 1 atom stereocenters. The molecule has 0 saturated heterocycles. The summed E-state index contributed by atoms with van der Waals surface area (Å²) >= 11 is 3.48. The van der Waals surface area contributed by atoms with Crippen molar-refractivity contribution in [1.82, 2.24) is 5.32 Å². The van der Waals surface area contributed by atoms with E-state index >= 15 is 0 Å². The lowest BCUT2D eigenvalue weighted by Gasteiger charge is -2.17. The van der Waals surface area contributed by atoms with Gasteiger partial charge in [-0.1, -0.05) is 35.7 Å². The van der Waals surface area contributed by atoms with Gasteiger partial charge >= 0.3 is 5.97 Å². The number of nitrogens with one attached hydrogen (secondary N) is 1. The number of methoxy groups -OCH3 is 1. The van der Waals surface area contributed by atoms with Crippen molar-refractivity contribution in [2.75, 3.05) is 7.11 Å². The van der Waals surface area contributed by atoms with E-state index in [-0.39, 0.29) is 5.91 Å². The van der Waals surface area contributed by atoms with Crippen LogP contribution in [0.3, 0.4) is 0 Å². The molecule has 1 rings (SSSR count). The first-order valence-electron chi connectivity index (χ1n) is 7.06. The van der Waals surface area contributed by atoms with Crippen LogP contribution in [0, 0.1) is 13.8 Å². The Morgan fingerprint density at radius 3 is 2.33 bits per heavy atom. The highest BCUT2D eigenvalue weighted by Gasteiger charge is 2.22. The number of esters is 1. The average Bonchev–Trinajstić information content (AvgIpc) is 2.47. The second kappa shape index (κ2) is 8.17. The lowest BCUT2D eigenvalue weighted by molar-refractivity contribution is -0.143. The summed E-state index contributed by atoms with van der Waals surface area (Å²) in [6.07, 6.45) is 2.40. The predicted octanol–water partition coefficient (Wildman–Crippen LogP) is 3.53. The molecular weight excluding hydrogens is 334 g/mol. The number of carbonyl (C=O) groups is 2. The number of carbonyl (C=O) groups excluding carboxylic acids is 2. The fourth-order valence-electron chi connectivity index (χ4n) is 2.12. The number of hydrogen-bond donors (Lipinski definition) is 1. The third kappa shape index (κ3) is 4.84. The smallest absolute Gasteiger partial charge is 0.328 e. The number of halogens is 1. The monoisotopic (exact) mass is 355 g/mol. The highest BCUT2D eigenvalue weighted by molar-refractivity contribution is 9.10. The van der Waals surface area contributed by atoms with Gasteiger partial charge in [-0.05, 0) is 43.5 Å². The van der Waals surface area contributed by atoms with E-state index in [1.165, 1.54) is 7.11 Å². The summed E-state index contributed by atoms with van der Waals surface area (Å²) < 4.78 is 5.75. The van der Waals surface area contributed by atoms with Crippen LogP contribution in [0.15, 0.2) is 16.6 Å². The Kier molecular flexibility index (Phi) is 6.89. The Morgan fingerprint density at radius 2 is 1.86 bits per heavy atom. The van der Waals surface area contributed by atoms with E-state index in [1.54, 1.807) is 12.1 Å². The molecule has 0 aliphatic heterocycles. The lowest BCUT2D eigenvalue weighted by atomic mass is 10.1. The third-order valence-corrected chi connectivity index (χ3v) is 4.59. The Labute approximate surface area is 134 Å². The SMILES string of the molecule is CCCC[C@H](NC(=O)c1cc(C)c(Br)c(C)c1)C(=O)OC. The Bertz CT molecular complexity index is 505. The Morgan fingerprint density at radius 1 is 1.29 bits per heavy atom. The number of aryl methyl sites for hydroxylation is 2. The quantitative estimate of drug-likeness (QED) is 0.794. The topological polar surface area (TPSA) is 55.4 Å². The maximum Gasteiger partial charge on any atom is 0.328 e. The van der Waals surface area contributed by atoms with Crippen LogP contribution in [0.5, 0.6) is 0 Å². The van der Waals surface area contributed by atoms with Crippen LogP contribution in [0.25, 0.3) is 0 Å². The van der Waals surface area contributed by atoms with E-state index in [0.717, 1.165) is 28.4 Å². The van der Waals surface area contributed by atoms with Crippen molar-refractivity contribution < 1.29 is 14.3 Å². The molecule has 1 N–H and O–H groups in total. The molecule has 116 valence electrons. The van der Waals surface area contributed by atoms with Gasteiger partial charge < -0.3 is 10.1 Å². The maximum atomic E-state index is 12.3. The molecule has 0 heterocycles. The largest absolute Gasteiger partial charge is 0.467 e. The van der Waals surface area contributed by atoms with Crippen LogP contribution in [-0.4, -0.2) is 25.0 Å². The zero-order valence-electron chi connectivity index (χ0n) is 13.0. The Balaban J connectivity index is 2.88. The van der Waals surface area contributed by atoms with Crippen molar-refractivity contribution in [3.05, 3.63) is 33.3 Å². The van der Waals surface area contributed by atoms with Crippen molar-refractivity contribution in [2.45, 2.75) is 46.1 Å². The number of hydrogen-bond acceptors (Lipinski definition) is 3. The summed E-state index contributed by atoms with van der Waals surface area (Å²) in [5, 5.41) is 2.76. The van der Waals surface area contributed by atoms with Crippen molar-refractivity contribution in [1.29, 1.82) is 0 Å². The van der Waals surface area contributed by atoms with Gasteiger partial charge in [-0.25, -0.2) is 4.79 Å². The number of ether oxygens (including phenoxy) is 1. The number of unbranched alkanes of at least 4 members (excludes halogenated alkanes) is 1. The molecule has 0 radical (unpaired) electrons. The highest BCUT2D eigenvalue weighted by Crippen LogP contribution is 2.22. The van der Waals surface area contributed by atoms with Crippen LogP contribution < -0.4 is 5.32 Å². The van der Waals surface area contributed by atoms with Crippen LogP contribution in [0.2, 0.25) is 0 Å². The van der Waals surface area contributed by atoms with Gasteiger partial charge in [-0.3, -0.25) is 4.79 Å². The maximum absolute atomic E-state index is 12.3. The fraction of sp³-hybridized carbons (Fsp3) is 0.500. The second-order valence-electron chi connectivity index (χ2n) is 5.12. The molecule has 0 aliphatic carbocycles. The summed E-state index contributed by atoms with van der Waals surface area (Å²) in [6, 6.07) is 3.02. The predicted molar refractivity (Wildman–Crippen MR) is 86.4 cm³/mol. The first-order valence-corrected chi connectivity index (χ1v) is 7.85. The standard InChI is InChI=1S/C16H22BrNO3/c1-5-6-7-13(16(20)21-4)18-15(19)12-8-10(2)14(17)11(3)9-12/h8-9,13H,5-7H2,1-4H3,(H,18,19)/t13-/m0/s1. The number of benzene rings is 1. The molecule has 0 saturated carbocycles. The van der Waals surface area contributed by atoms with Crippen LogP contribution in [-0.2, 0) is 9.53 Å². The molecule has 5 heteroatoms. The van der Waals surface area contributed by atoms with E-state index in [1.807, 2.05) is 20.8 Å². The lowest BCUT2D eigenvalue weighted by Crippen LogP contribution is -2.41. The summed E-state index contributed by atoms with van der Waals surface area (Å²) in [7, 11) is 1.33. The first kappa shape index (κ1) is 17.7. The van der Waals surface area contributed by atoms with Gasteiger partial charge in [-0.2, -0.15) is 0 Å². The van der Waals surface area contributed by atoms with Gasteiger partial charge in [0.25, 0.3) is 5.91 Å². The third-order valence-electron chi connectivity index (χ3n) is 3.34. The minimum absolute atomic E-state index is 0.250. The van der Waals surface area contributed by atoms with E-state index in [4.69, 9.17) is 4.74 Å².